The minimum atomic E-state index is -3.36. The molecule has 0 bridgehead atoms. The van der Waals surface area contributed by atoms with E-state index in [9.17, 15) is 8.42 Å². The highest BCUT2D eigenvalue weighted by Gasteiger charge is 2.18. The lowest BCUT2D eigenvalue weighted by molar-refractivity contribution is 0.598. The molecule has 120 valence electrons. The number of thioether (sulfide) groups is 1. The van der Waals surface area contributed by atoms with E-state index in [0.29, 0.717) is 11.3 Å². The third-order valence-electron chi connectivity index (χ3n) is 3.33. The summed E-state index contributed by atoms with van der Waals surface area (Å²) in [5, 5.41) is 0. The standard InChI is InChI=1S/C19H20O2S2/c1-3-10-16(2)19(22-17-11-6-4-7-12-17)15-23(20,21)18-13-8-5-9-14-18/h3-9,11-14H,1,10,15H2,2H3/b19-16+. The molecule has 4 heteroatoms. The van der Waals surface area contributed by atoms with Crippen LogP contribution in [0.25, 0.3) is 0 Å². The van der Waals surface area contributed by atoms with Crippen LogP contribution in [0.15, 0.2) is 93.6 Å². The van der Waals surface area contributed by atoms with Crippen molar-refractivity contribution >= 4 is 21.6 Å². The lowest BCUT2D eigenvalue weighted by Crippen LogP contribution is -2.09. The zero-order chi connectivity index (χ0) is 16.7. The molecule has 0 aliphatic rings. The summed E-state index contributed by atoms with van der Waals surface area (Å²) >= 11 is 1.51. The Labute approximate surface area is 142 Å². The average molecular weight is 345 g/mol. The van der Waals surface area contributed by atoms with E-state index in [2.05, 4.69) is 6.58 Å². The molecule has 0 saturated heterocycles. The van der Waals surface area contributed by atoms with Crippen molar-refractivity contribution in [2.75, 3.05) is 5.75 Å². The smallest absolute Gasteiger partial charge is 0.183 e. The zero-order valence-electron chi connectivity index (χ0n) is 13.1. The Kier molecular flexibility index (Phi) is 6.25. The molecule has 2 nitrogen and oxygen atoms in total. The maximum Gasteiger partial charge on any atom is 0.183 e. The summed E-state index contributed by atoms with van der Waals surface area (Å²) in [6.07, 6.45) is 2.48. The summed E-state index contributed by atoms with van der Waals surface area (Å²) in [5.41, 5.74) is 1.04. The molecule has 0 aromatic heterocycles. The van der Waals surface area contributed by atoms with Crippen molar-refractivity contribution in [2.45, 2.75) is 23.1 Å². The molecule has 0 heterocycles. The Bertz CT molecular complexity index is 777. The topological polar surface area (TPSA) is 34.1 Å². The van der Waals surface area contributed by atoms with Crippen LogP contribution in [0.3, 0.4) is 0 Å². The first-order valence-corrected chi connectivity index (χ1v) is 9.80. The van der Waals surface area contributed by atoms with Gasteiger partial charge in [0.2, 0.25) is 0 Å². The van der Waals surface area contributed by atoms with Crippen LogP contribution in [0.4, 0.5) is 0 Å². The van der Waals surface area contributed by atoms with Gasteiger partial charge in [-0.1, -0.05) is 59.8 Å². The van der Waals surface area contributed by atoms with E-state index >= 15 is 0 Å². The first-order valence-electron chi connectivity index (χ1n) is 7.33. The van der Waals surface area contributed by atoms with Crippen LogP contribution in [0.1, 0.15) is 13.3 Å². The molecule has 23 heavy (non-hydrogen) atoms. The second-order valence-electron chi connectivity index (χ2n) is 5.18. The number of allylic oxidation sites excluding steroid dienone is 2. The van der Waals surface area contributed by atoms with Crippen LogP contribution in [0, 0.1) is 0 Å². The predicted octanol–water partition coefficient (Wildman–Crippen LogP) is 5.10. The fourth-order valence-corrected chi connectivity index (χ4v) is 4.95. The van der Waals surface area contributed by atoms with Crippen molar-refractivity contribution in [1.29, 1.82) is 0 Å². The maximum atomic E-state index is 12.7. The molecular weight excluding hydrogens is 324 g/mol. The Hall–Kier alpha value is -1.78. The van der Waals surface area contributed by atoms with Gasteiger partial charge in [-0.25, -0.2) is 8.42 Å². The van der Waals surface area contributed by atoms with Gasteiger partial charge in [0.1, 0.15) is 0 Å². The van der Waals surface area contributed by atoms with Crippen LogP contribution in [0.2, 0.25) is 0 Å². The molecule has 2 rings (SSSR count). The first-order chi connectivity index (χ1) is 11.0. The molecule has 0 unspecified atom stereocenters. The molecular formula is C19H20O2S2. The number of sulfone groups is 1. The van der Waals surface area contributed by atoms with Gasteiger partial charge >= 0.3 is 0 Å². The monoisotopic (exact) mass is 344 g/mol. The van der Waals surface area contributed by atoms with Crippen molar-refractivity contribution in [3.63, 3.8) is 0 Å². The minimum Gasteiger partial charge on any atom is -0.223 e. The largest absolute Gasteiger partial charge is 0.223 e. The number of benzene rings is 2. The van der Waals surface area contributed by atoms with Crippen molar-refractivity contribution in [2.24, 2.45) is 0 Å². The molecule has 0 saturated carbocycles. The van der Waals surface area contributed by atoms with Crippen LogP contribution >= 0.6 is 11.8 Å². The fourth-order valence-electron chi connectivity index (χ4n) is 2.08. The Morgan fingerprint density at radius 2 is 1.61 bits per heavy atom. The van der Waals surface area contributed by atoms with Gasteiger partial charge in [0.25, 0.3) is 0 Å². The van der Waals surface area contributed by atoms with Gasteiger partial charge in [-0.05, 0) is 37.6 Å². The van der Waals surface area contributed by atoms with Crippen LogP contribution in [0.5, 0.6) is 0 Å². The van der Waals surface area contributed by atoms with Gasteiger partial charge in [-0.2, -0.15) is 0 Å². The van der Waals surface area contributed by atoms with Crippen molar-refractivity contribution < 1.29 is 8.42 Å². The molecule has 0 radical (unpaired) electrons. The summed E-state index contributed by atoms with van der Waals surface area (Å²) in [4.78, 5) is 2.26. The summed E-state index contributed by atoms with van der Waals surface area (Å²) < 4.78 is 25.3. The van der Waals surface area contributed by atoms with E-state index in [0.717, 1.165) is 15.4 Å². The lowest BCUT2D eigenvalue weighted by atomic mass is 10.2. The molecule has 0 atom stereocenters. The van der Waals surface area contributed by atoms with E-state index in [4.69, 9.17) is 0 Å². The highest BCUT2D eigenvalue weighted by Crippen LogP contribution is 2.32. The molecule has 0 fully saturated rings. The quantitative estimate of drug-likeness (QED) is 0.517. The third kappa shape index (κ3) is 5.12. The lowest BCUT2D eigenvalue weighted by Gasteiger charge is -2.12. The summed E-state index contributed by atoms with van der Waals surface area (Å²) in [5.74, 6) is 0.0102. The van der Waals surface area contributed by atoms with Gasteiger partial charge in [0.15, 0.2) is 9.84 Å². The fraction of sp³-hybridized carbons (Fsp3) is 0.158. The second kappa shape index (κ2) is 8.18. The third-order valence-corrected chi connectivity index (χ3v) is 6.42. The highest BCUT2D eigenvalue weighted by molar-refractivity contribution is 8.04. The molecule has 0 amide bonds. The van der Waals surface area contributed by atoms with Gasteiger partial charge in [0, 0.05) is 9.80 Å². The van der Waals surface area contributed by atoms with Gasteiger partial charge in [-0.3, -0.25) is 0 Å². The average Bonchev–Trinajstić information content (AvgIpc) is 2.56. The van der Waals surface area contributed by atoms with E-state index in [1.807, 2.05) is 43.3 Å². The Balaban J connectivity index is 2.32. The van der Waals surface area contributed by atoms with Crippen LogP contribution < -0.4 is 0 Å². The first kappa shape index (κ1) is 17.6. The molecule has 2 aromatic carbocycles. The molecule has 0 aliphatic carbocycles. The molecule has 2 aromatic rings. The predicted molar refractivity (Wildman–Crippen MR) is 98.3 cm³/mol. The Morgan fingerprint density at radius 1 is 1.04 bits per heavy atom. The Morgan fingerprint density at radius 3 is 2.17 bits per heavy atom. The van der Waals surface area contributed by atoms with E-state index in [1.54, 1.807) is 30.3 Å². The van der Waals surface area contributed by atoms with Crippen LogP contribution in [-0.2, 0) is 9.84 Å². The number of hydrogen-bond donors (Lipinski definition) is 0. The van der Waals surface area contributed by atoms with Crippen LogP contribution in [-0.4, -0.2) is 14.2 Å². The van der Waals surface area contributed by atoms with E-state index in [-0.39, 0.29) is 5.75 Å². The van der Waals surface area contributed by atoms with Crippen molar-refractivity contribution in [3.8, 4) is 0 Å². The highest BCUT2D eigenvalue weighted by atomic mass is 32.2. The van der Waals surface area contributed by atoms with Gasteiger partial charge in [-0.15, -0.1) is 6.58 Å². The summed E-state index contributed by atoms with van der Waals surface area (Å²) in [6.45, 7) is 5.72. The maximum absolute atomic E-state index is 12.7. The molecule has 0 aliphatic heterocycles. The second-order valence-corrected chi connectivity index (χ2v) is 8.34. The van der Waals surface area contributed by atoms with Gasteiger partial charge in [0.05, 0.1) is 10.6 Å². The summed E-state index contributed by atoms with van der Waals surface area (Å²) in [7, 11) is -3.36. The van der Waals surface area contributed by atoms with Gasteiger partial charge < -0.3 is 0 Å². The summed E-state index contributed by atoms with van der Waals surface area (Å²) in [6, 6.07) is 18.4. The van der Waals surface area contributed by atoms with E-state index in [1.165, 1.54) is 11.8 Å². The van der Waals surface area contributed by atoms with Crippen molar-refractivity contribution in [1.82, 2.24) is 0 Å². The molecule has 0 spiro atoms. The molecule has 0 N–H and O–H groups in total. The normalized spacial score (nSPS) is 12.6. The number of hydrogen-bond acceptors (Lipinski definition) is 3. The SMILES string of the molecule is C=CC/C(C)=C(\CS(=O)(=O)c1ccccc1)Sc1ccccc1. The van der Waals surface area contributed by atoms with Crippen molar-refractivity contribution in [3.05, 3.63) is 83.8 Å². The number of rotatable bonds is 7. The zero-order valence-corrected chi connectivity index (χ0v) is 14.7. The van der Waals surface area contributed by atoms with E-state index < -0.39 is 9.84 Å². The minimum absolute atomic E-state index is 0.0102.